The number of para-hydroxylation sites is 1. The van der Waals surface area contributed by atoms with Crippen molar-refractivity contribution >= 4 is 15.7 Å². The summed E-state index contributed by atoms with van der Waals surface area (Å²) in [6, 6.07) is 3.86. The number of halogens is 1. The van der Waals surface area contributed by atoms with Crippen molar-refractivity contribution in [3.63, 3.8) is 0 Å². The van der Waals surface area contributed by atoms with Gasteiger partial charge in [0.25, 0.3) is 0 Å². The molecule has 1 aliphatic rings. The molecule has 2 N–H and O–H groups in total. The average Bonchev–Trinajstić information content (AvgIpc) is 2.41. The van der Waals surface area contributed by atoms with Gasteiger partial charge in [0.15, 0.2) is 0 Å². The Morgan fingerprint density at radius 1 is 1.25 bits per heavy atom. The van der Waals surface area contributed by atoms with E-state index in [2.05, 4.69) is 6.92 Å². The molecule has 0 bridgehead atoms. The Hall–Kier alpha value is -1.14. The number of nitrogens with zero attached hydrogens (tertiary/aromatic N) is 1. The van der Waals surface area contributed by atoms with Crippen molar-refractivity contribution in [2.24, 2.45) is 5.92 Å². The van der Waals surface area contributed by atoms with Gasteiger partial charge in [-0.2, -0.15) is 4.31 Å². The van der Waals surface area contributed by atoms with Crippen LogP contribution in [0.2, 0.25) is 0 Å². The maximum atomic E-state index is 13.5. The van der Waals surface area contributed by atoms with E-state index in [1.54, 1.807) is 7.05 Å². The third-order valence-corrected chi connectivity index (χ3v) is 6.14. The minimum absolute atomic E-state index is 0.0288. The molecule has 0 heterocycles. The first-order chi connectivity index (χ1) is 9.34. The van der Waals surface area contributed by atoms with Crippen LogP contribution in [0.15, 0.2) is 23.1 Å². The molecule has 0 atom stereocenters. The smallest absolute Gasteiger partial charge is 0.245 e. The first-order valence-electron chi connectivity index (χ1n) is 6.86. The van der Waals surface area contributed by atoms with Crippen molar-refractivity contribution in [3.05, 3.63) is 24.0 Å². The number of rotatable bonds is 3. The SMILES string of the molecule is CC1CCC(N(C)S(=O)(=O)c2cccc(F)c2N)CC1. The lowest BCUT2D eigenvalue weighted by molar-refractivity contribution is 0.246. The van der Waals surface area contributed by atoms with E-state index in [0.29, 0.717) is 5.92 Å². The number of hydrogen-bond donors (Lipinski definition) is 1. The summed E-state index contributed by atoms with van der Waals surface area (Å²) in [5.41, 5.74) is 5.27. The van der Waals surface area contributed by atoms with Crippen molar-refractivity contribution < 1.29 is 12.8 Å². The second kappa shape index (κ2) is 5.69. The fourth-order valence-electron chi connectivity index (χ4n) is 2.70. The Kier molecular flexibility index (Phi) is 4.34. The van der Waals surface area contributed by atoms with Crippen molar-refractivity contribution in [2.75, 3.05) is 12.8 Å². The van der Waals surface area contributed by atoms with Crippen LogP contribution in [0.5, 0.6) is 0 Å². The third kappa shape index (κ3) is 2.81. The minimum Gasteiger partial charge on any atom is -0.395 e. The number of benzene rings is 1. The monoisotopic (exact) mass is 300 g/mol. The van der Waals surface area contributed by atoms with E-state index in [-0.39, 0.29) is 16.6 Å². The minimum atomic E-state index is -3.74. The maximum absolute atomic E-state index is 13.5. The molecule has 1 saturated carbocycles. The fraction of sp³-hybridized carbons (Fsp3) is 0.571. The summed E-state index contributed by atoms with van der Waals surface area (Å²) in [6.45, 7) is 2.18. The van der Waals surface area contributed by atoms with E-state index in [1.165, 1.54) is 16.4 Å². The number of sulfonamides is 1. The molecular weight excluding hydrogens is 279 g/mol. The van der Waals surface area contributed by atoms with E-state index < -0.39 is 15.8 Å². The van der Waals surface area contributed by atoms with Crippen LogP contribution in [0.3, 0.4) is 0 Å². The molecule has 0 aromatic heterocycles. The Bertz CT molecular complexity index is 581. The molecule has 1 aliphatic carbocycles. The Morgan fingerprint density at radius 2 is 1.85 bits per heavy atom. The molecule has 2 rings (SSSR count). The van der Waals surface area contributed by atoms with Crippen LogP contribution in [0.4, 0.5) is 10.1 Å². The normalized spacial score (nSPS) is 24.0. The maximum Gasteiger partial charge on any atom is 0.245 e. The number of hydrogen-bond acceptors (Lipinski definition) is 3. The zero-order chi connectivity index (χ0) is 14.9. The fourth-order valence-corrected chi connectivity index (χ4v) is 4.24. The Labute approximate surface area is 119 Å². The predicted octanol–water partition coefficient (Wildman–Crippen LogP) is 2.61. The van der Waals surface area contributed by atoms with Gasteiger partial charge < -0.3 is 5.73 Å². The zero-order valence-corrected chi connectivity index (χ0v) is 12.7. The lowest BCUT2D eigenvalue weighted by atomic mass is 9.87. The lowest BCUT2D eigenvalue weighted by Crippen LogP contribution is -2.39. The molecule has 0 amide bonds. The predicted molar refractivity (Wildman–Crippen MR) is 77.2 cm³/mol. The third-order valence-electron chi connectivity index (χ3n) is 4.17. The summed E-state index contributed by atoms with van der Waals surface area (Å²) in [5.74, 6) is -0.0571. The number of anilines is 1. The number of nitrogens with two attached hydrogens (primary N) is 1. The van der Waals surface area contributed by atoms with Crippen LogP contribution in [0, 0.1) is 11.7 Å². The van der Waals surface area contributed by atoms with Gasteiger partial charge >= 0.3 is 0 Å². The molecule has 0 unspecified atom stereocenters. The molecule has 0 aliphatic heterocycles. The van der Waals surface area contributed by atoms with Gasteiger partial charge in [-0.3, -0.25) is 0 Å². The number of nitrogen functional groups attached to an aromatic ring is 1. The molecule has 112 valence electrons. The van der Waals surface area contributed by atoms with Crippen molar-refractivity contribution in [2.45, 2.75) is 43.5 Å². The second-order valence-corrected chi connectivity index (χ2v) is 7.55. The summed E-state index contributed by atoms with van der Waals surface area (Å²) in [4.78, 5) is -0.140. The Balaban J connectivity index is 2.28. The van der Waals surface area contributed by atoms with Gasteiger partial charge in [0.2, 0.25) is 10.0 Å². The topological polar surface area (TPSA) is 63.4 Å². The standard InChI is InChI=1S/C14H21FN2O2S/c1-10-6-8-11(9-7-10)17(2)20(18,19)13-5-3-4-12(15)14(13)16/h3-5,10-11H,6-9,16H2,1-2H3. The lowest BCUT2D eigenvalue weighted by Gasteiger charge is -2.33. The van der Waals surface area contributed by atoms with Gasteiger partial charge in [0, 0.05) is 13.1 Å². The van der Waals surface area contributed by atoms with Crippen LogP contribution in [-0.4, -0.2) is 25.8 Å². The van der Waals surface area contributed by atoms with Crippen LogP contribution in [0.1, 0.15) is 32.6 Å². The molecule has 0 saturated heterocycles. The second-order valence-electron chi connectivity index (χ2n) is 5.59. The van der Waals surface area contributed by atoms with E-state index in [4.69, 9.17) is 5.73 Å². The highest BCUT2D eigenvalue weighted by Gasteiger charge is 2.32. The molecule has 6 heteroatoms. The summed E-state index contributed by atoms with van der Waals surface area (Å²) in [6.07, 6.45) is 3.71. The average molecular weight is 300 g/mol. The molecule has 1 aromatic rings. The van der Waals surface area contributed by atoms with Gasteiger partial charge in [-0.05, 0) is 43.7 Å². The highest BCUT2D eigenvalue weighted by Crippen LogP contribution is 2.31. The van der Waals surface area contributed by atoms with Gasteiger partial charge in [0.1, 0.15) is 10.7 Å². The summed E-state index contributed by atoms with van der Waals surface area (Å²) < 4.78 is 39.9. The van der Waals surface area contributed by atoms with Crippen molar-refractivity contribution in [1.82, 2.24) is 4.31 Å². The van der Waals surface area contributed by atoms with Crippen LogP contribution in [-0.2, 0) is 10.0 Å². The first kappa shape index (κ1) is 15.3. The van der Waals surface area contributed by atoms with E-state index >= 15 is 0 Å². The molecule has 0 radical (unpaired) electrons. The van der Waals surface area contributed by atoms with Gasteiger partial charge in [-0.1, -0.05) is 13.0 Å². The zero-order valence-electron chi connectivity index (χ0n) is 11.8. The highest BCUT2D eigenvalue weighted by atomic mass is 32.2. The molecule has 20 heavy (non-hydrogen) atoms. The highest BCUT2D eigenvalue weighted by molar-refractivity contribution is 7.89. The summed E-state index contributed by atoms with van der Waals surface area (Å²) in [7, 11) is -2.19. The Morgan fingerprint density at radius 3 is 2.45 bits per heavy atom. The summed E-state index contributed by atoms with van der Waals surface area (Å²) in [5, 5.41) is 0. The van der Waals surface area contributed by atoms with Gasteiger partial charge in [0.05, 0.1) is 5.69 Å². The van der Waals surface area contributed by atoms with E-state index in [1.807, 2.05) is 0 Å². The van der Waals surface area contributed by atoms with Crippen molar-refractivity contribution in [3.8, 4) is 0 Å². The molecular formula is C14H21FN2O2S. The van der Waals surface area contributed by atoms with E-state index in [0.717, 1.165) is 31.7 Å². The van der Waals surface area contributed by atoms with E-state index in [9.17, 15) is 12.8 Å². The molecule has 1 aromatic carbocycles. The van der Waals surface area contributed by atoms with Crippen LogP contribution >= 0.6 is 0 Å². The first-order valence-corrected chi connectivity index (χ1v) is 8.30. The van der Waals surface area contributed by atoms with Crippen LogP contribution < -0.4 is 5.73 Å². The largest absolute Gasteiger partial charge is 0.395 e. The molecule has 0 spiro atoms. The molecule has 1 fully saturated rings. The summed E-state index contributed by atoms with van der Waals surface area (Å²) >= 11 is 0. The van der Waals surface area contributed by atoms with Gasteiger partial charge in [-0.15, -0.1) is 0 Å². The molecule has 4 nitrogen and oxygen atoms in total. The quantitative estimate of drug-likeness (QED) is 0.873. The van der Waals surface area contributed by atoms with Crippen molar-refractivity contribution in [1.29, 1.82) is 0 Å². The van der Waals surface area contributed by atoms with Crippen LogP contribution in [0.25, 0.3) is 0 Å². The van der Waals surface area contributed by atoms with Gasteiger partial charge in [-0.25, -0.2) is 12.8 Å².